The minimum absolute atomic E-state index is 0.0548. The summed E-state index contributed by atoms with van der Waals surface area (Å²) in [5, 5.41) is 0. The molecular formula is C8H17NO5S. The van der Waals surface area contributed by atoms with Crippen molar-refractivity contribution in [1.82, 2.24) is 4.31 Å². The van der Waals surface area contributed by atoms with Crippen molar-refractivity contribution in [3.63, 3.8) is 0 Å². The first-order valence-corrected chi connectivity index (χ1v) is 6.04. The molecule has 0 fully saturated rings. The van der Waals surface area contributed by atoms with Crippen molar-refractivity contribution in [2.45, 2.75) is 6.42 Å². The highest BCUT2D eigenvalue weighted by atomic mass is 32.2. The number of rotatable bonds is 7. The van der Waals surface area contributed by atoms with Gasteiger partial charge in [0, 0.05) is 20.7 Å². The zero-order valence-corrected chi connectivity index (χ0v) is 10.0. The first-order valence-electron chi connectivity index (χ1n) is 4.43. The summed E-state index contributed by atoms with van der Waals surface area (Å²) in [6.45, 7) is 0.267. The number of hydrogen-bond donors (Lipinski definition) is 0. The van der Waals surface area contributed by atoms with Gasteiger partial charge in [0.25, 0.3) is 0 Å². The molecule has 0 aromatic rings. The summed E-state index contributed by atoms with van der Waals surface area (Å²) in [6, 6.07) is 0. The fourth-order valence-corrected chi connectivity index (χ4v) is 1.89. The van der Waals surface area contributed by atoms with Crippen LogP contribution in [0.1, 0.15) is 6.42 Å². The summed E-state index contributed by atoms with van der Waals surface area (Å²) in [6.07, 6.45) is 0.0548. The Hall–Kier alpha value is -0.660. The molecule has 15 heavy (non-hydrogen) atoms. The van der Waals surface area contributed by atoms with Gasteiger partial charge in [-0.1, -0.05) is 0 Å². The Morgan fingerprint density at radius 2 is 1.93 bits per heavy atom. The SMILES string of the molecule is COCCS(=O)(=O)N(C)CCC(=O)OC. The van der Waals surface area contributed by atoms with E-state index < -0.39 is 16.0 Å². The third-order valence-corrected chi connectivity index (χ3v) is 3.69. The van der Waals surface area contributed by atoms with Gasteiger partial charge in [-0.3, -0.25) is 4.79 Å². The van der Waals surface area contributed by atoms with E-state index in [2.05, 4.69) is 9.47 Å². The number of nitrogens with zero attached hydrogens (tertiary/aromatic N) is 1. The van der Waals surface area contributed by atoms with Crippen molar-refractivity contribution in [2.24, 2.45) is 0 Å². The first-order chi connectivity index (χ1) is 6.94. The molecule has 0 spiro atoms. The number of ether oxygens (including phenoxy) is 2. The second-order valence-electron chi connectivity index (χ2n) is 2.96. The molecular weight excluding hydrogens is 222 g/mol. The predicted molar refractivity (Wildman–Crippen MR) is 54.9 cm³/mol. The molecule has 0 aromatic heterocycles. The lowest BCUT2D eigenvalue weighted by atomic mass is 10.4. The zero-order chi connectivity index (χ0) is 11.9. The Morgan fingerprint density at radius 3 is 2.40 bits per heavy atom. The fraction of sp³-hybridized carbons (Fsp3) is 0.875. The highest BCUT2D eigenvalue weighted by Gasteiger charge is 2.18. The summed E-state index contributed by atoms with van der Waals surface area (Å²) < 4.78 is 33.2. The summed E-state index contributed by atoms with van der Waals surface area (Å²) >= 11 is 0. The van der Waals surface area contributed by atoms with Crippen LogP contribution in [0.3, 0.4) is 0 Å². The van der Waals surface area contributed by atoms with E-state index in [-0.39, 0.29) is 25.3 Å². The molecule has 0 aliphatic carbocycles. The third kappa shape index (κ3) is 5.71. The van der Waals surface area contributed by atoms with E-state index in [0.29, 0.717) is 0 Å². The highest BCUT2D eigenvalue weighted by molar-refractivity contribution is 7.89. The molecule has 0 saturated carbocycles. The fourth-order valence-electron chi connectivity index (χ4n) is 0.834. The van der Waals surface area contributed by atoms with Crippen LogP contribution in [0.25, 0.3) is 0 Å². The molecule has 0 atom stereocenters. The van der Waals surface area contributed by atoms with E-state index in [1.54, 1.807) is 0 Å². The Labute approximate surface area is 90.2 Å². The predicted octanol–water partition coefficient (Wildman–Crippen LogP) is -0.542. The largest absolute Gasteiger partial charge is 0.469 e. The topological polar surface area (TPSA) is 72.9 Å². The minimum atomic E-state index is -3.33. The Kier molecular flexibility index (Phi) is 6.46. The standard InChI is InChI=1S/C8H17NO5S/c1-9(5-4-8(10)14-3)15(11,12)7-6-13-2/h4-7H2,1-3H3. The average molecular weight is 239 g/mol. The van der Waals surface area contributed by atoms with Crippen molar-refractivity contribution in [3.05, 3.63) is 0 Å². The monoisotopic (exact) mass is 239 g/mol. The smallest absolute Gasteiger partial charge is 0.306 e. The van der Waals surface area contributed by atoms with Crippen LogP contribution in [0.15, 0.2) is 0 Å². The second kappa shape index (κ2) is 6.76. The van der Waals surface area contributed by atoms with Gasteiger partial charge in [-0.05, 0) is 0 Å². The lowest BCUT2D eigenvalue weighted by Gasteiger charge is -2.15. The Balaban J connectivity index is 4.07. The summed E-state index contributed by atoms with van der Waals surface area (Å²) in [7, 11) is 0.799. The van der Waals surface area contributed by atoms with Gasteiger partial charge in [0.15, 0.2) is 0 Å². The molecule has 0 aliphatic rings. The second-order valence-corrected chi connectivity index (χ2v) is 5.15. The van der Waals surface area contributed by atoms with Crippen molar-refractivity contribution in [2.75, 3.05) is 40.2 Å². The van der Waals surface area contributed by atoms with Gasteiger partial charge in [-0.15, -0.1) is 0 Å². The molecule has 0 unspecified atom stereocenters. The van der Waals surface area contributed by atoms with Crippen LogP contribution in [0, 0.1) is 0 Å². The lowest BCUT2D eigenvalue weighted by Crippen LogP contribution is -2.32. The van der Waals surface area contributed by atoms with Gasteiger partial charge in [0.05, 0.1) is 25.9 Å². The van der Waals surface area contributed by atoms with Crippen molar-refractivity contribution in [3.8, 4) is 0 Å². The number of esters is 1. The van der Waals surface area contributed by atoms with Crippen LogP contribution in [-0.4, -0.2) is 58.9 Å². The molecule has 0 rings (SSSR count). The summed E-state index contributed by atoms with van der Waals surface area (Å²) in [4.78, 5) is 10.8. The van der Waals surface area contributed by atoms with Crippen LogP contribution in [0.2, 0.25) is 0 Å². The van der Waals surface area contributed by atoms with Crippen molar-refractivity contribution < 1.29 is 22.7 Å². The maximum absolute atomic E-state index is 11.5. The normalized spacial score (nSPS) is 11.7. The average Bonchev–Trinajstić information content (AvgIpc) is 2.22. The first kappa shape index (κ1) is 14.3. The minimum Gasteiger partial charge on any atom is -0.469 e. The number of methoxy groups -OCH3 is 2. The zero-order valence-electron chi connectivity index (χ0n) is 9.23. The molecule has 0 amide bonds. The third-order valence-electron chi connectivity index (χ3n) is 1.88. The highest BCUT2D eigenvalue weighted by Crippen LogP contribution is 2.00. The Morgan fingerprint density at radius 1 is 1.33 bits per heavy atom. The molecule has 0 radical (unpaired) electrons. The molecule has 6 nitrogen and oxygen atoms in total. The Bertz CT molecular complexity index is 287. The summed E-state index contributed by atoms with van der Waals surface area (Å²) in [5.41, 5.74) is 0. The number of hydrogen-bond acceptors (Lipinski definition) is 5. The van der Waals surface area contributed by atoms with Crippen LogP contribution >= 0.6 is 0 Å². The maximum atomic E-state index is 11.5. The molecule has 0 heterocycles. The van der Waals surface area contributed by atoms with Gasteiger partial charge in [0.2, 0.25) is 10.0 Å². The van der Waals surface area contributed by atoms with Gasteiger partial charge < -0.3 is 9.47 Å². The van der Waals surface area contributed by atoms with E-state index in [4.69, 9.17) is 0 Å². The number of carbonyl (C=O) groups excluding carboxylic acids is 1. The van der Waals surface area contributed by atoms with Crippen LogP contribution in [0.4, 0.5) is 0 Å². The molecule has 7 heteroatoms. The molecule has 0 aromatic carbocycles. The van der Waals surface area contributed by atoms with Crippen molar-refractivity contribution in [1.29, 1.82) is 0 Å². The quantitative estimate of drug-likeness (QED) is 0.558. The van der Waals surface area contributed by atoms with Gasteiger partial charge in [-0.25, -0.2) is 12.7 Å². The number of carbonyl (C=O) groups is 1. The maximum Gasteiger partial charge on any atom is 0.306 e. The van der Waals surface area contributed by atoms with Crippen molar-refractivity contribution >= 4 is 16.0 Å². The summed E-state index contributed by atoms with van der Waals surface area (Å²) in [5.74, 6) is -0.509. The van der Waals surface area contributed by atoms with E-state index in [9.17, 15) is 13.2 Å². The van der Waals surface area contributed by atoms with Crippen LogP contribution in [0.5, 0.6) is 0 Å². The van der Waals surface area contributed by atoms with Gasteiger partial charge >= 0.3 is 5.97 Å². The molecule has 0 saturated heterocycles. The molecule has 0 aliphatic heterocycles. The van der Waals surface area contributed by atoms with E-state index in [1.807, 2.05) is 0 Å². The molecule has 0 N–H and O–H groups in total. The van der Waals surface area contributed by atoms with E-state index >= 15 is 0 Å². The van der Waals surface area contributed by atoms with Gasteiger partial charge in [0.1, 0.15) is 0 Å². The number of sulfonamides is 1. The van der Waals surface area contributed by atoms with Gasteiger partial charge in [-0.2, -0.15) is 0 Å². The molecule has 0 bridgehead atoms. The lowest BCUT2D eigenvalue weighted by molar-refractivity contribution is -0.140. The van der Waals surface area contributed by atoms with E-state index in [1.165, 1.54) is 21.3 Å². The molecule has 90 valence electrons. The van der Waals surface area contributed by atoms with E-state index in [0.717, 1.165) is 4.31 Å². The van der Waals surface area contributed by atoms with Crippen LogP contribution < -0.4 is 0 Å². The van der Waals surface area contributed by atoms with Crippen LogP contribution in [-0.2, 0) is 24.3 Å².